The van der Waals surface area contributed by atoms with E-state index in [4.69, 9.17) is 16.7 Å². The first-order valence-corrected chi connectivity index (χ1v) is 5.69. The molecule has 0 saturated carbocycles. The van der Waals surface area contributed by atoms with Gasteiger partial charge in [-0.25, -0.2) is 0 Å². The number of rotatable bonds is 1. The summed E-state index contributed by atoms with van der Waals surface area (Å²) in [6.07, 6.45) is 0. The first-order valence-electron chi connectivity index (χ1n) is 5.69. The average molecular weight is 251 g/mol. The summed E-state index contributed by atoms with van der Waals surface area (Å²) in [5.41, 5.74) is 13.4. The van der Waals surface area contributed by atoms with Crippen molar-refractivity contribution in [2.24, 2.45) is 11.5 Å². The second-order valence-corrected chi connectivity index (χ2v) is 4.24. The van der Waals surface area contributed by atoms with Crippen molar-refractivity contribution >= 4 is 0 Å². The second-order valence-electron chi connectivity index (χ2n) is 4.24. The van der Waals surface area contributed by atoms with E-state index in [0.717, 1.165) is 5.56 Å². The van der Waals surface area contributed by atoms with Crippen molar-refractivity contribution in [2.75, 3.05) is 7.05 Å². The Morgan fingerprint density at radius 3 is 2.26 bits per heavy atom. The molecule has 1 heterocycles. The van der Waals surface area contributed by atoms with Crippen molar-refractivity contribution in [2.45, 2.75) is 6.04 Å². The lowest BCUT2D eigenvalue weighted by molar-refractivity contribution is 0.337. The molecule has 4 N–H and O–H groups in total. The van der Waals surface area contributed by atoms with Crippen LogP contribution in [0.25, 0.3) is 0 Å². The summed E-state index contributed by atoms with van der Waals surface area (Å²) >= 11 is 0. The largest absolute Gasteiger partial charge is 0.397 e. The van der Waals surface area contributed by atoms with E-state index >= 15 is 0 Å². The molecule has 0 bridgehead atoms. The number of allylic oxidation sites excluding steroid dienone is 1. The molecule has 0 aromatic heterocycles. The van der Waals surface area contributed by atoms with E-state index in [1.165, 1.54) is 0 Å². The Balaban J connectivity index is 2.64. The Bertz CT molecular complexity index is 643. The zero-order chi connectivity index (χ0) is 14.0. The molecule has 1 aliphatic rings. The van der Waals surface area contributed by atoms with Crippen LogP contribution in [0.2, 0.25) is 0 Å². The molecule has 0 spiro atoms. The van der Waals surface area contributed by atoms with Gasteiger partial charge in [0, 0.05) is 7.05 Å². The monoisotopic (exact) mass is 251 g/mol. The highest BCUT2D eigenvalue weighted by atomic mass is 15.2. The van der Waals surface area contributed by atoms with Crippen LogP contribution in [0.5, 0.6) is 0 Å². The van der Waals surface area contributed by atoms with Crippen molar-refractivity contribution in [1.82, 2.24) is 4.90 Å². The molecule has 94 valence electrons. The van der Waals surface area contributed by atoms with Gasteiger partial charge in [0.25, 0.3) is 0 Å². The fraction of sp³-hybridized carbons (Fsp3) is 0.143. The highest BCUT2D eigenvalue weighted by molar-refractivity contribution is 5.55. The van der Waals surface area contributed by atoms with E-state index in [1.54, 1.807) is 11.9 Å². The van der Waals surface area contributed by atoms with Crippen LogP contribution in [-0.2, 0) is 0 Å². The van der Waals surface area contributed by atoms with Gasteiger partial charge in [0.2, 0.25) is 0 Å². The minimum absolute atomic E-state index is 0.159. The van der Waals surface area contributed by atoms with Crippen molar-refractivity contribution < 1.29 is 0 Å². The highest BCUT2D eigenvalue weighted by Crippen LogP contribution is 2.35. The van der Waals surface area contributed by atoms with E-state index in [2.05, 4.69) is 6.07 Å². The van der Waals surface area contributed by atoms with Crippen LogP contribution >= 0.6 is 0 Å². The minimum atomic E-state index is -0.358. The molecule has 0 saturated heterocycles. The van der Waals surface area contributed by atoms with Gasteiger partial charge in [-0.2, -0.15) is 10.5 Å². The third kappa shape index (κ3) is 1.88. The number of benzene rings is 1. The van der Waals surface area contributed by atoms with Gasteiger partial charge in [0.05, 0.1) is 23.4 Å². The van der Waals surface area contributed by atoms with Crippen LogP contribution < -0.4 is 11.5 Å². The van der Waals surface area contributed by atoms with Crippen LogP contribution in [0.15, 0.2) is 53.0 Å². The zero-order valence-corrected chi connectivity index (χ0v) is 10.5. The maximum atomic E-state index is 9.32. The van der Waals surface area contributed by atoms with Gasteiger partial charge in [-0.3, -0.25) is 0 Å². The Hall–Kier alpha value is -2.92. The molecular weight excluding hydrogens is 238 g/mol. The van der Waals surface area contributed by atoms with E-state index in [-0.39, 0.29) is 23.1 Å². The topological polar surface area (TPSA) is 103 Å². The zero-order valence-electron chi connectivity index (χ0n) is 10.5. The van der Waals surface area contributed by atoms with E-state index in [1.807, 2.05) is 36.4 Å². The lowest BCUT2D eigenvalue weighted by atomic mass is 9.91. The van der Waals surface area contributed by atoms with E-state index in [0.29, 0.717) is 5.57 Å². The normalized spacial score (nSPS) is 19.1. The Labute approximate surface area is 111 Å². The van der Waals surface area contributed by atoms with Gasteiger partial charge in [0.15, 0.2) is 0 Å². The number of nitrogens with two attached hydrogens (primary N) is 2. The van der Waals surface area contributed by atoms with Crippen LogP contribution in [0.4, 0.5) is 0 Å². The van der Waals surface area contributed by atoms with Gasteiger partial charge in [-0.15, -0.1) is 0 Å². The average Bonchev–Trinajstić information content (AvgIpc) is 2.44. The molecule has 5 heteroatoms. The first kappa shape index (κ1) is 12.5. The number of nitriles is 2. The Morgan fingerprint density at radius 1 is 1.11 bits per heavy atom. The number of nitrogens with zero attached hydrogens (tertiary/aromatic N) is 3. The molecule has 2 rings (SSSR count). The van der Waals surface area contributed by atoms with Crippen LogP contribution in [-0.4, -0.2) is 11.9 Å². The summed E-state index contributed by atoms with van der Waals surface area (Å²) in [5, 5.41) is 18.4. The van der Waals surface area contributed by atoms with E-state index in [9.17, 15) is 5.26 Å². The molecule has 5 nitrogen and oxygen atoms in total. The summed E-state index contributed by atoms with van der Waals surface area (Å²) in [6, 6.07) is 13.1. The molecule has 1 aliphatic heterocycles. The van der Waals surface area contributed by atoms with Crippen molar-refractivity contribution in [1.29, 1.82) is 10.5 Å². The third-order valence-corrected chi connectivity index (χ3v) is 3.20. The lowest BCUT2D eigenvalue weighted by Gasteiger charge is -2.34. The van der Waals surface area contributed by atoms with Crippen molar-refractivity contribution in [3.63, 3.8) is 0 Å². The van der Waals surface area contributed by atoms with Crippen LogP contribution in [0.3, 0.4) is 0 Å². The fourth-order valence-corrected chi connectivity index (χ4v) is 2.19. The summed E-state index contributed by atoms with van der Waals surface area (Å²) in [4.78, 5) is 1.70. The van der Waals surface area contributed by atoms with Gasteiger partial charge in [-0.05, 0) is 5.56 Å². The standard InChI is InChI=1S/C14H13N5/c1-19-13(9-5-3-2-4-6-9)10(7-15)12(17)11(8-16)14(19)18/h2-6,13H,17-18H2,1H3. The van der Waals surface area contributed by atoms with Gasteiger partial charge < -0.3 is 16.4 Å². The SMILES string of the molecule is CN1C(N)=C(C#N)C(N)=C(C#N)C1c1ccccc1. The molecule has 0 aliphatic carbocycles. The second kappa shape index (κ2) is 4.75. The number of hydrogen-bond acceptors (Lipinski definition) is 5. The molecule has 0 radical (unpaired) electrons. The molecule has 1 aromatic carbocycles. The molecule has 1 aromatic rings. The summed E-state index contributed by atoms with van der Waals surface area (Å²) < 4.78 is 0. The van der Waals surface area contributed by atoms with Crippen LogP contribution in [0, 0.1) is 22.7 Å². The number of hydrogen-bond donors (Lipinski definition) is 2. The summed E-state index contributed by atoms with van der Waals surface area (Å²) in [6.45, 7) is 0. The summed E-state index contributed by atoms with van der Waals surface area (Å²) in [7, 11) is 1.74. The van der Waals surface area contributed by atoms with E-state index < -0.39 is 0 Å². The molecule has 0 fully saturated rings. The predicted octanol–water partition coefficient (Wildman–Crippen LogP) is 1.10. The molecule has 0 amide bonds. The fourth-order valence-electron chi connectivity index (χ4n) is 2.19. The lowest BCUT2D eigenvalue weighted by Crippen LogP contribution is -2.36. The predicted molar refractivity (Wildman–Crippen MR) is 70.6 cm³/mol. The third-order valence-electron chi connectivity index (χ3n) is 3.20. The maximum absolute atomic E-state index is 9.32. The molecule has 1 atom stereocenters. The smallest absolute Gasteiger partial charge is 0.120 e. The van der Waals surface area contributed by atoms with Crippen molar-refractivity contribution in [3.05, 3.63) is 58.6 Å². The molecular formula is C14H13N5. The Morgan fingerprint density at radius 2 is 1.74 bits per heavy atom. The molecule has 19 heavy (non-hydrogen) atoms. The quantitative estimate of drug-likeness (QED) is 0.778. The highest BCUT2D eigenvalue weighted by Gasteiger charge is 2.32. The molecule has 1 unspecified atom stereocenters. The maximum Gasteiger partial charge on any atom is 0.120 e. The van der Waals surface area contributed by atoms with Gasteiger partial charge >= 0.3 is 0 Å². The summed E-state index contributed by atoms with van der Waals surface area (Å²) in [5.74, 6) is 0.285. The van der Waals surface area contributed by atoms with Crippen molar-refractivity contribution in [3.8, 4) is 12.1 Å². The van der Waals surface area contributed by atoms with Gasteiger partial charge in [0.1, 0.15) is 17.5 Å². The number of likely N-dealkylation sites (N-methyl/N-ethyl adjacent to an activating group) is 1. The minimum Gasteiger partial charge on any atom is -0.397 e. The van der Waals surface area contributed by atoms with Crippen LogP contribution in [0.1, 0.15) is 11.6 Å². The Kier molecular flexibility index (Phi) is 3.14. The van der Waals surface area contributed by atoms with Gasteiger partial charge in [-0.1, -0.05) is 30.3 Å². The first-order chi connectivity index (χ1) is 9.11.